The van der Waals surface area contributed by atoms with Crippen molar-refractivity contribution in [1.82, 2.24) is 10.2 Å². The van der Waals surface area contributed by atoms with Crippen LogP contribution in [0.5, 0.6) is 0 Å². The molecule has 21 heavy (non-hydrogen) atoms. The van der Waals surface area contributed by atoms with Crippen molar-refractivity contribution in [2.75, 3.05) is 19.6 Å². The van der Waals surface area contributed by atoms with Gasteiger partial charge in [0.05, 0.1) is 17.9 Å². The van der Waals surface area contributed by atoms with Gasteiger partial charge in [0.2, 0.25) is 11.8 Å². The van der Waals surface area contributed by atoms with Crippen LogP contribution in [0.1, 0.15) is 32.1 Å². The van der Waals surface area contributed by atoms with Crippen LogP contribution < -0.4 is 5.32 Å². The average Bonchev–Trinajstić information content (AvgIpc) is 2.41. The summed E-state index contributed by atoms with van der Waals surface area (Å²) in [4.78, 5) is 25.3. The van der Waals surface area contributed by atoms with E-state index in [1.165, 1.54) is 4.90 Å². The van der Waals surface area contributed by atoms with Crippen LogP contribution in [0.2, 0.25) is 0 Å². The van der Waals surface area contributed by atoms with Crippen LogP contribution in [0.15, 0.2) is 0 Å². The van der Waals surface area contributed by atoms with Crippen LogP contribution in [0.4, 0.5) is 13.2 Å². The minimum Gasteiger partial charge on any atom is -0.392 e. The van der Waals surface area contributed by atoms with E-state index >= 15 is 0 Å². The van der Waals surface area contributed by atoms with Crippen molar-refractivity contribution in [3.63, 3.8) is 0 Å². The number of rotatable bonds is 2. The number of amides is 2. The molecule has 1 spiro atoms. The second kappa shape index (κ2) is 5.82. The topological polar surface area (TPSA) is 69.6 Å². The quantitative estimate of drug-likeness (QED) is 0.793. The van der Waals surface area contributed by atoms with Gasteiger partial charge < -0.3 is 15.3 Å². The molecular weight excluding hydrogens is 289 g/mol. The molecule has 0 aromatic heterocycles. The van der Waals surface area contributed by atoms with Gasteiger partial charge in [-0.25, -0.2) is 0 Å². The van der Waals surface area contributed by atoms with Crippen LogP contribution in [0.3, 0.4) is 0 Å². The summed E-state index contributed by atoms with van der Waals surface area (Å²) in [6, 6.07) is 0. The predicted octanol–water partition coefficient (Wildman–Crippen LogP) is 0.819. The van der Waals surface area contributed by atoms with Gasteiger partial charge in [0.15, 0.2) is 0 Å². The molecule has 120 valence electrons. The number of hydrogen-bond acceptors (Lipinski definition) is 3. The molecule has 5 nitrogen and oxygen atoms in total. The van der Waals surface area contributed by atoms with Crippen molar-refractivity contribution in [2.45, 2.75) is 44.4 Å². The third-order valence-electron chi connectivity index (χ3n) is 4.30. The molecule has 0 radical (unpaired) electrons. The van der Waals surface area contributed by atoms with Crippen molar-refractivity contribution >= 4 is 11.8 Å². The maximum Gasteiger partial charge on any atom is 0.389 e. The molecule has 2 amide bonds. The summed E-state index contributed by atoms with van der Waals surface area (Å²) in [5, 5.41) is 12.8. The van der Waals surface area contributed by atoms with Gasteiger partial charge in [0.25, 0.3) is 0 Å². The van der Waals surface area contributed by atoms with Crippen LogP contribution in [-0.2, 0) is 9.59 Å². The molecule has 2 rings (SSSR count). The van der Waals surface area contributed by atoms with Crippen molar-refractivity contribution in [2.24, 2.45) is 5.41 Å². The monoisotopic (exact) mass is 308 g/mol. The Labute approximate surface area is 120 Å². The molecule has 0 aromatic rings. The highest BCUT2D eigenvalue weighted by Gasteiger charge is 2.50. The molecule has 0 saturated carbocycles. The van der Waals surface area contributed by atoms with Crippen LogP contribution in [0.25, 0.3) is 0 Å². The minimum atomic E-state index is -4.37. The maximum absolute atomic E-state index is 12.2. The van der Waals surface area contributed by atoms with Crippen molar-refractivity contribution in [3.8, 4) is 0 Å². The van der Waals surface area contributed by atoms with Gasteiger partial charge in [-0.2, -0.15) is 13.2 Å². The fourth-order valence-corrected chi connectivity index (χ4v) is 3.06. The second-order valence-corrected chi connectivity index (χ2v) is 5.75. The molecule has 8 heteroatoms. The first kappa shape index (κ1) is 16.1. The van der Waals surface area contributed by atoms with Crippen LogP contribution in [-0.4, -0.2) is 53.7 Å². The summed E-state index contributed by atoms with van der Waals surface area (Å²) in [5.74, 6) is -0.924. The molecule has 2 atom stereocenters. The maximum atomic E-state index is 12.2. The van der Waals surface area contributed by atoms with Gasteiger partial charge in [-0.15, -0.1) is 0 Å². The Kier molecular flexibility index (Phi) is 4.46. The number of nitrogens with zero attached hydrogens (tertiary/aromatic N) is 1. The van der Waals surface area contributed by atoms with Crippen molar-refractivity contribution < 1.29 is 27.9 Å². The molecule has 0 bridgehead atoms. The van der Waals surface area contributed by atoms with Gasteiger partial charge in [-0.1, -0.05) is 0 Å². The normalized spacial score (nSPS) is 30.4. The molecule has 2 heterocycles. The third kappa shape index (κ3) is 3.48. The van der Waals surface area contributed by atoms with E-state index in [1.807, 2.05) is 0 Å². The SMILES string of the molecule is O=C(CCC(F)(F)F)N1CC[C@H](O)[C@@]2(CCCNC2=O)C1. The molecule has 0 aromatic carbocycles. The van der Waals surface area contributed by atoms with E-state index in [2.05, 4.69) is 5.32 Å². The lowest BCUT2D eigenvalue weighted by molar-refractivity contribution is -0.160. The summed E-state index contributed by atoms with van der Waals surface area (Å²) in [6.07, 6.45) is -5.65. The average molecular weight is 308 g/mol. The number of aliphatic hydroxyl groups excluding tert-OH is 1. The first-order valence-corrected chi connectivity index (χ1v) is 7.05. The molecule has 2 fully saturated rings. The number of likely N-dealkylation sites (tertiary alicyclic amines) is 1. The Bertz CT molecular complexity index is 427. The summed E-state index contributed by atoms with van der Waals surface area (Å²) in [6.45, 7) is 0.707. The molecule has 0 unspecified atom stereocenters. The molecule has 2 saturated heterocycles. The summed E-state index contributed by atoms with van der Waals surface area (Å²) < 4.78 is 36.5. The number of nitrogens with one attached hydrogen (secondary N) is 1. The zero-order chi connectivity index (χ0) is 15.7. The number of piperidine rings is 2. The van der Waals surface area contributed by atoms with Gasteiger partial charge in [-0.3, -0.25) is 9.59 Å². The Morgan fingerprint density at radius 2 is 2.19 bits per heavy atom. The number of aliphatic hydroxyl groups is 1. The molecule has 2 aliphatic heterocycles. The Hall–Kier alpha value is -1.31. The zero-order valence-corrected chi connectivity index (χ0v) is 11.6. The first-order chi connectivity index (χ1) is 9.74. The summed E-state index contributed by atoms with van der Waals surface area (Å²) in [5.41, 5.74) is -1.07. The lowest BCUT2D eigenvalue weighted by Crippen LogP contribution is -2.62. The van der Waals surface area contributed by atoms with Crippen molar-refractivity contribution in [1.29, 1.82) is 0 Å². The van der Waals surface area contributed by atoms with Gasteiger partial charge in [-0.05, 0) is 19.3 Å². The largest absolute Gasteiger partial charge is 0.392 e. The Morgan fingerprint density at radius 3 is 2.81 bits per heavy atom. The number of carbonyl (C=O) groups excluding carboxylic acids is 2. The zero-order valence-electron chi connectivity index (χ0n) is 11.6. The Morgan fingerprint density at radius 1 is 1.48 bits per heavy atom. The first-order valence-electron chi connectivity index (χ1n) is 7.05. The van der Waals surface area contributed by atoms with E-state index < -0.39 is 36.4 Å². The third-order valence-corrected chi connectivity index (χ3v) is 4.30. The van der Waals surface area contributed by atoms with Gasteiger partial charge in [0, 0.05) is 26.1 Å². The lowest BCUT2D eigenvalue weighted by atomic mass is 9.71. The van der Waals surface area contributed by atoms with E-state index in [0.717, 1.165) is 0 Å². The smallest absolute Gasteiger partial charge is 0.389 e. The lowest BCUT2D eigenvalue weighted by Gasteiger charge is -2.46. The highest BCUT2D eigenvalue weighted by molar-refractivity contribution is 5.86. The number of alkyl halides is 3. The summed E-state index contributed by atoms with van der Waals surface area (Å²) >= 11 is 0. The van der Waals surface area contributed by atoms with Gasteiger partial charge >= 0.3 is 6.18 Å². The van der Waals surface area contributed by atoms with Gasteiger partial charge in [0.1, 0.15) is 0 Å². The van der Waals surface area contributed by atoms with E-state index in [1.54, 1.807) is 0 Å². The van der Waals surface area contributed by atoms with Crippen LogP contribution >= 0.6 is 0 Å². The fraction of sp³-hybridized carbons (Fsp3) is 0.846. The Balaban J connectivity index is 2.03. The molecule has 0 aliphatic carbocycles. The second-order valence-electron chi connectivity index (χ2n) is 5.75. The fourth-order valence-electron chi connectivity index (χ4n) is 3.06. The van der Waals surface area contributed by atoms with E-state index in [4.69, 9.17) is 0 Å². The van der Waals surface area contributed by atoms with Crippen LogP contribution in [0, 0.1) is 5.41 Å². The summed E-state index contributed by atoms with van der Waals surface area (Å²) in [7, 11) is 0. The number of hydrogen-bond donors (Lipinski definition) is 2. The number of carbonyl (C=O) groups is 2. The van der Waals surface area contributed by atoms with Crippen molar-refractivity contribution in [3.05, 3.63) is 0 Å². The molecule has 2 aliphatic rings. The number of halogens is 3. The highest BCUT2D eigenvalue weighted by atomic mass is 19.4. The molecular formula is C13H19F3N2O3. The minimum absolute atomic E-state index is 0.00328. The standard InChI is InChI=1S/C13H19F3N2O3/c14-13(15,16)5-2-10(20)18-7-3-9(19)12(8-18)4-1-6-17-11(12)21/h9,19H,1-8H2,(H,17,21)/t9-,12+/m0/s1. The van der Waals surface area contributed by atoms with E-state index in [0.29, 0.717) is 19.4 Å². The predicted molar refractivity (Wildman–Crippen MR) is 67.2 cm³/mol. The van der Waals surface area contributed by atoms with E-state index in [-0.39, 0.29) is 25.4 Å². The highest BCUT2D eigenvalue weighted by Crippen LogP contribution is 2.37. The molecule has 2 N–H and O–H groups in total. The van der Waals surface area contributed by atoms with E-state index in [9.17, 15) is 27.9 Å².